The van der Waals surface area contributed by atoms with Crippen molar-refractivity contribution in [2.45, 2.75) is 52.2 Å². The number of amides is 1. The van der Waals surface area contributed by atoms with Crippen molar-refractivity contribution in [3.8, 4) is 11.7 Å². The number of benzene rings is 2. The van der Waals surface area contributed by atoms with E-state index in [0.29, 0.717) is 53.5 Å². The molecule has 2 aromatic carbocycles. The van der Waals surface area contributed by atoms with Crippen LogP contribution < -0.4 is 15.2 Å². The maximum atomic E-state index is 14.4. The quantitative estimate of drug-likeness (QED) is 0.290. The number of nitrogens with zero attached hydrogens (tertiary/aromatic N) is 7. The summed E-state index contributed by atoms with van der Waals surface area (Å²) >= 11 is 6.66. The van der Waals surface area contributed by atoms with Crippen LogP contribution in [0, 0.1) is 12.8 Å². The Kier molecular flexibility index (Phi) is 8.06. The lowest BCUT2D eigenvalue weighted by atomic mass is 10.1. The molecule has 0 saturated carbocycles. The summed E-state index contributed by atoms with van der Waals surface area (Å²) < 4.78 is 7.82. The third-order valence-electron chi connectivity index (χ3n) is 8.87. The molecule has 11 heteroatoms. The largest absolute Gasteiger partial charge is 0.462 e. The molecule has 2 aromatic heterocycles. The maximum Gasteiger partial charge on any atom is 0.319 e. The van der Waals surface area contributed by atoms with E-state index in [-0.39, 0.29) is 41.1 Å². The molecule has 2 aliphatic rings. The molecule has 44 heavy (non-hydrogen) atoms. The van der Waals surface area contributed by atoms with E-state index in [1.165, 1.54) is 6.08 Å². The molecule has 0 unspecified atom stereocenters. The second-order valence-electron chi connectivity index (χ2n) is 12.2. The Morgan fingerprint density at radius 1 is 1.05 bits per heavy atom. The van der Waals surface area contributed by atoms with Crippen LogP contribution in [0.25, 0.3) is 27.5 Å². The SMILES string of the molecule is C=CC(=O)N1C[C@H](C)N(c2nc(OC[C@@H]3C[C@@H](C)CN3C)nc3c(=O)n(-c4cccc5cccc(Cl)c45)c(C)nc23)[C@@H](C)C1. The van der Waals surface area contributed by atoms with Crippen molar-refractivity contribution in [3.05, 3.63) is 70.3 Å². The average molecular weight is 616 g/mol. The minimum Gasteiger partial charge on any atom is -0.462 e. The summed E-state index contributed by atoms with van der Waals surface area (Å²) in [4.78, 5) is 47.6. The third kappa shape index (κ3) is 5.30. The highest BCUT2D eigenvalue weighted by atomic mass is 35.5. The van der Waals surface area contributed by atoms with E-state index < -0.39 is 0 Å². The summed E-state index contributed by atoms with van der Waals surface area (Å²) in [5.74, 6) is 1.47. The van der Waals surface area contributed by atoms with Gasteiger partial charge in [0.1, 0.15) is 17.9 Å². The van der Waals surface area contributed by atoms with Gasteiger partial charge in [-0.3, -0.25) is 19.1 Å². The number of aromatic nitrogens is 4. The van der Waals surface area contributed by atoms with Crippen LogP contribution >= 0.6 is 11.6 Å². The number of likely N-dealkylation sites (N-methyl/N-ethyl adjacent to an activating group) is 1. The van der Waals surface area contributed by atoms with Gasteiger partial charge in [0.15, 0.2) is 11.3 Å². The number of halogens is 1. The van der Waals surface area contributed by atoms with Gasteiger partial charge >= 0.3 is 6.01 Å². The Hall–Kier alpha value is -4.02. The molecule has 4 atom stereocenters. The van der Waals surface area contributed by atoms with Crippen LogP contribution in [-0.4, -0.2) is 86.6 Å². The number of carbonyl (C=O) groups is 1. The first-order valence-electron chi connectivity index (χ1n) is 15.1. The van der Waals surface area contributed by atoms with Crippen LogP contribution in [0.4, 0.5) is 5.82 Å². The number of aryl methyl sites for hydroxylation is 1. The Labute approximate surface area is 261 Å². The fourth-order valence-corrected chi connectivity index (χ4v) is 7.18. The molecule has 2 aliphatic heterocycles. The molecule has 0 N–H and O–H groups in total. The number of fused-ring (bicyclic) bond motifs is 2. The van der Waals surface area contributed by atoms with E-state index in [2.05, 4.69) is 35.3 Å². The zero-order chi connectivity index (χ0) is 31.3. The number of carbonyl (C=O) groups excluding carboxylic acids is 1. The van der Waals surface area contributed by atoms with Gasteiger partial charge in [-0.15, -0.1) is 0 Å². The second kappa shape index (κ2) is 11.8. The van der Waals surface area contributed by atoms with Crippen molar-refractivity contribution in [2.75, 3.05) is 38.2 Å². The van der Waals surface area contributed by atoms with E-state index in [9.17, 15) is 9.59 Å². The molecule has 0 spiro atoms. The maximum absolute atomic E-state index is 14.4. The van der Waals surface area contributed by atoms with E-state index in [1.807, 2.05) is 50.2 Å². The normalized spacial score (nSPS) is 22.6. The first kappa shape index (κ1) is 30.0. The van der Waals surface area contributed by atoms with Gasteiger partial charge in [-0.1, -0.05) is 49.4 Å². The molecule has 1 amide bonds. The van der Waals surface area contributed by atoms with Gasteiger partial charge in [0.05, 0.1) is 10.7 Å². The molecule has 4 heterocycles. The standard InChI is InChI=1S/C33H38ClN7O3/c1-7-27(42)39-16-20(3)40(21(4)17-39)31-29-30(36-33(37-31)44-18-24-14-19(2)15-38(24)6)32(43)41(22(5)35-29)26-13-9-11-23-10-8-12-25(34)28(23)26/h7-13,19-21,24H,1,14-18H2,2-6H3/t19-,20+,21+,24+/m1/s1. The summed E-state index contributed by atoms with van der Waals surface area (Å²) in [6.07, 6.45) is 2.36. The van der Waals surface area contributed by atoms with Gasteiger partial charge < -0.3 is 14.5 Å². The average Bonchev–Trinajstić information content (AvgIpc) is 3.32. The monoisotopic (exact) mass is 615 g/mol. The Morgan fingerprint density at radius 2 is 1.75 bits per heavy atom. The summed E-state index contributed by atoms with van der Waals surface area (Å²) in [7, 11) is 2.10. The van der Waals surface area contributed by atoms with Gasteiger partial charge in [0, 0.05) is 43.1 Å². The molecule has 6 rings (SSSR count). The van der Waals surface area contributed by atoms with E-state index in [0.717, 1.165) is 23.7 Å². The lowest BCUT2D eigenvalue weighted by Gasteiger charge is -2.45. The van der Waals surface area contributed by atoms with E-state index >= 15 is 0 Å². The fourth-order valence-electron chi connectivity index (χ4n) is 6.91. The smallest absolute Gasteiger partial charge is 0.319 e. The van der Waals surface area contributed by atoms with Gasteiger partial charge in [-0.2, -0.15) is 9.97 Å². The molecule has 0 bridgehead atoms. The van der Waals surface area contributed by atoms with E-state index in [1.54, 1.807) is 16.4 Å². The van der Waals surface area contributed by atoms with Crippen LogP contribution in [0.15, 0.2) is 53.8 Å². The van der Waals surface area contributed by atoms with Gasteiger partial charge in [0.25, 0.3) is 5.56 Å². The Morgan fingerprint density at radius 3 is 2.41 bits per heavy atom. The van der Waals surface area contributed by atoms with Crippen LogP contribution in [0.1, 0.15) is 33.0 Å². The summed E-state index contributed by atoms with van der Waals surface area (Å²) in [5.41, 5.74) is 0.862. The molecular formula is C33H38ClN7O3. The van der Waals surface area contributed by atoms with Crippen molar-refractivity contribution in [1.29, 1.82) is 0 Å². The van der Waals surface area contributed by atoms with Crippen LogP contribution in [0.3, 0.4) is 0 Å². The van der Waals surface area contributed by atoms with Crippen molar-refractivity contribution < 1.29 is 9.53 Å². The molecule has 2 fully saturated rings. The Balaban J connectivity index is 1.52. The molecule has 2 saturated heterocycles. The highest BCUT2D eigenvalue weighted by Crippen LogP contribution is 2.33. The lowest BCUT2D eigenvalue weighted by molar-refractivity contribution is -0.127. The number of likely N-dealkylation sites (tertiary alicyclic amines) is 1. The van der Waals surface area contributed by atoms with Crippen LogP contribution in [0.2, 0.25) is 5.02 Å². The second-order valence-corrected chi connectivity index (χ2v) is 12.6. The number of hydrogen-bond acceptors (Lipinski definition) is 8. The molecule has 0 radical (unpaired) electrons. The fraction of sp³-hybridized carbons (Fsp3) is 0.424. The number of rotatable bonds is 6. The molecule has 4 aromatic rings. The first-order chi connectivity index (χ1) is 21.1. The summed E-state index contributed by atoms with van der Waals surface area (Å²) in [5, 5.41) is 2.22. The minimum absolute atomic E-state index is 0.111. The highest BCUT2D eigenvalue weighted by Gasteiger charge is 2.35. The van der Waals surface area contributed by atoms with E-state index in [4.69, 9.17) is 26.3 Å². The zero-order valence-corrected chi connectivity index (χ0v) is 26.6. The van der Waals surface area contributed by atoms with Crippen molar-refractivity contribution >= 4 is 45.1 Å². The van der Waals surface area contributed by atoms with Crippen LogP contribution in [-0.2, 0) is 4.79 Å². The molecule has 0 aliphatic carbocycles. The van der Waals surface area contributed by atoms with Crippen molar-refractivity contribution in [1.82, 2.24) is 29.3 Å². The first-order valence-corrected chi connectivity index (χ1v) is 15.5. The molecule has 10 nitrogen and oxygen atoms in total. The van der Waals surface area contributed by atoms with Crippen molar-refractivity contribution in [2.24, 2.45) is 5.92 Å². The lowest BCUT2D eigenvalue weighted by Crippen LogP contribution is -2.58. The number of ether oxygens (including phenoxy) is 1. The highest BCUT2D eigenvalue weighted by molar-refractivity contribution is 6.36. The number of piperazine rings is 1. The minimum atomic E-state index is -0.333. The Bertz CT molecular complexity index is 1810. The number of anilines is 1. The predicted molar refractivity (Wildman–Crippen MR) is 174 cm³/mol. The zero-order valence-electron chi connectivity index (χ0n) is 25.8. The van der Waals surface area contributed by atoms with Gasteiger partial charge in [0.2, 0.25) is 5.91 Å². The summed E-state index contributed by atoms with van der Waals surface area (Å²) in [6, 6.07) is 11.5. The summed E-state index contributed by atoms with van der Waals surface area (Å²) in [6.45, 7) is 14.1. The third-order valence-corrected chi connectivity index (χ3v) is 9.19. The van der Waals surface area contributed by atoms with Gasteiger partial charge in [-0.25, -0.2) is 4.98 Å². The molecular weight excluding hydrogens is 578 g/mol. The molecule has 230 valence electrons. The topological polar surface area (TPSA) is 96.7 Å². The number of hydrogen-bond donors (Lipinski definition) is 0. The van der Waals surface area contributed by atoms with Crippen LogP contribution in [0.5, 0.6) is 6.01 Å². The van der Waals surface area contributed by atoms with Gasteiger partial charge in [-0.05, 0) is 63.8 Å². The predicted octanol–water partition coefficient (Wildman–Crippen LogP) is 4.62. The van der Waals surface area contributed by atoms with Crippen molar-refractivity contribution in [3.63, 3.8) is 0 Å².